The van der Waals surface area contributed by atoms with Crippen molar-refractivity contribution in [3.63, 3.8) is 0 Å². The van der Waals surface area contributed by atoms with Gasteiger partial charge in [-0.15, -0.1) is 0 Å². The van der Waals surface area contributed by atoms with Gasteiger partial charge in [-0.2, -0.15) is 18.3 Å². The topological polar surface area (TPSA) is 117 Å². The highest BCUT2D eigenvalue weighted by Gasteiger charge is 2.34. The number of anilines is 1. The van der Waals surface area contributed by atoms with E-state index in [1.54, 1.807) is 31.2 Å². The summed E-state index contributed by atoms with van der Waals surface area (Å²) in [5.74, 6) is 0.584. The van der Waals surface area contributed by atoms with Crippen molar-refractivity contribution in [1.29, 1.82) is 0 Å². The highest BCUT2D eigenvalue weighted by atomic mass is 35.5. The number of alkyl halides is 3. The quantitative estimate of drug-likeness (QED) is 0.469. The van der Waals surface area contributed by atoms with E-state index in [9.17, 15) is 26.4 Å². The van der Waals surface area contributed by atoms with E-state index in [1.165, 1.54) is 0 Å². The Bertz CT molecular complexity index is 1250. The lowest BCUT2D eigenvalue weighted by Crippen LogP contribution is -2.28. The van der Waals surface area contributed by atoms with Crippen LogP contribution in [0.3, 0.4) is 0 Å². The normalized spacial score (nSPS) is 12.0. The van der Waals surface area contributed by atoms with Crippen LogP contribution in [0.5, 0.6) is 0 Å². The van der Waals surface area contributed by atoms with E-state index < -0.39 is 37.6 Å². The predicted octanol–water partition coefficient (Wildman–Crippen LogP) is 3.76. The second kappa shape index (κ2) is 9.27. The Morgan fingerprint density at radius 3 is 2.59 bits per heavy atom. The van der Waals surface area contributed by atoms with Gasteiger partial charge in [0.05, 0.1) is 15.5 Å². The van der Waals surface area contributed by atoms with Crippen molar-refractivity contribution in [2.75, 3.05) is 11.9 Å². The number of halogens is 4. The summed E-state index contributed by atoms with van der Waals surface area (Å²) < 4.78 is 65.6. The Balaban J connectivity index is 1.60. The monoisotopic (exact) mass is 487 g/mol. The molecule has 1 heterocycles. The fourth-order valence-corrected chi connectivity index (χ4v) is 3.98. The van der Waals surface area contributed by atoms with E-state index in [-0.39, 0.29) is 13.0 Å². The number of carbonyl (C=O) groups excluding carboxylic acids is 1. The van der Waals surface area contributed by atoms with Gasteiger partial charge in [0.25, 0.3) is 0 Å². The van der Waals surface area contributed by atoms with Gasteiger partial charge in [0.2, 0.25) is 15.9 Å². The number of H-pyrrole nitrogens is 1. The molecule has 2 aromatic carbocycles. The third-order valence-electron chi connectivity index (χ3n) is 4.20. The van der Waals surface area contributed by atoms with Gasteiger partial charge in [0.15, 0.2) is 5.82 Å². The van der Waals surface area contributed by atoms with Crippen LogP contribution >= 0.6 is 11.6 Å². The first-order chi connectivity index (χ1) is 15.0. The van der Waals surface area contributed by atoms with Gasteiger partial charge in [-0.25, -0.2) is 18.1 Å². The lowest BCUT2D eigenvalue weighted by Gasteiger charge is -2.12. The van der Waals surface area contributed by atoms with Gasteiger partial charge in [-0.05, 0) is 37.3 Å². The molecule has 8 nitrogen and oxygen atoms in total. The molecule has 32 heavy (non-hydrogen) atoms. The van der Waals surface area contributed by atoms with Gasteiger partial charge in [-0.1, -0.05) is 23.7 Å². The minimum absolute atomic E-state index is 0.247. The first-order valence-electron chi connectivity index (χ1n) is 9.11. The molecular weight excluding hydrogens is 471 g/mol. The number of hydrogen-bond donors (Lipinski definition) is 3. The minimum atomic E-state index is -4.80. The largest absolute Gasteiger partial charge is 0.417 e. The molecule has 1 aromatic heterocycles. The summed E-state index contributed by atoms with van der Waals surface area (Å²) in [6, 6.07) is 8.99. The molecule has 1 amide bonds. The molecule has 0 atom stereocenters. The Morgan fingerprint density at radius 1 is 1.19 bits per heavy atom. The number of sulfonamides is 1. The number of nitrogens with one attached hydrogen (secondary N) is 3. The summed E-state index contributed by atoms with van der Waals surface area (Å²) in [5, 5.41) is 8.75. The number of aromatic amines is 1. The molecule has 0 unspecified atom stereocenters. The molecule has 0 saturated heterocycles. The molecule has 0 aliphatic carbocycles. The van der Waals surface area contributed by atoms with Crippen LogP contribution in [0.4, 0.5) is 18.9 Å². The molecule has 3 N–H and O–H groups in total. The minimum Gasteiger partial charge on any atom is -0.326 e. The van der Waals surface area contributed by atoms with Crippen molar-refractivity contribution in [3.05, 3.63) is 58.9 Å². The molecular formula is C19H17ClF3N5O3S. The van der Waals surface area contributed by atoms with Gasteiger partial charge < -0.3 is 5.32 Å². The average Bonchev–Trinajstić information content (AvgIpc) is 3.13. The van der Waals surface area contributed by atoms with Crippen LogP contribution in [0.2, 0.25) is 5.02 Å². The molecule has 170 valence electrons. The van der Waals surface area contributed by atoms with Crippen molar-refractivity contribution >= 4 is 33.2 Å². The fraction of sp³-hybridized carbons (Fsp3) is 0.211. The first kappa shape index (κ1) is 23.7. The van der Waals surface area contributed by atoms with E-state index in [0.717, 1.165) is 12.1 Å². The summed E-state index contributed by atoms with van der Waals surface area (Å²) in [4.78, 5) is 15.8. The van der Waals surface area contributed by atoms with Crippen molar-refractivity contribution in [1.82, 2.24) is 19.9 Å². The maximum Gasteiger partial charge on any atom is 0.417 e. The van der Waals surface area contributed by atoms with E-state index in [2.05, 4.69) is 25.2 Å². The molecule has 3 aromatic rings. The molecule has 0 bridgehead atoms. The Kier molecular flexibility index (Phi) is 6.86. The highest BCUT2D eigenvalue weighted by molar-refractivity contribution is 7.89. The number of rotatable bonds is 7. The van der Waals surface area contributed by atoms with Crippen molar-refractivity contribution in [3.8, 4) is 11.4 Å². The summed E-state index contributed by atoms with van der Waals surface area (Å²) in [6.45, 7) is 1.43. The standard InChI is InChI=1S/C19H17ClF3N5O3S/c1-11-25-18(28-27-11)12-3-2-4-13(9-12)26-17(29)7-8-24-32(30,31)14-5-6-16(20)15(10-14)19(21,22)23/h2-6,9-10,24H,7-8H2,1H3,(H,26,29)(H,25,27,28). The molecule has 0 fully saturated rings. The Hall–Kier alpha value is -2.96. The number of nitrogens with zero attached hydrogens (tertiary/aromatic N) is 2. The Labute approximate surface area is 186 Å². The lowest BCUT2D eigenvalue weighted by atomic mass is 10.2. The van der Waals surface area contributed by atoms with E-state index in [0.29, 0.717) is 29.0 Å². The average molecular weight is 488 g/mol. The predicted molar refractivity (Wildman–Crippen MR) is 111 cm³/mol. The third kappa shape index (κ3) is 5.84. The van der Waals surface area contributed by atoms with E-state index >= 15 is 0 Å². The zero-order chi connectivity index (χ0) is 23.5. The smallest absolute Gasteiger partial charge is 0.326 e. The van der Waals surface area contributed by atoms with Gasteiger partial charge in [-0.3, -0.25) is 9.89 Å². The number of aromatic nitrogens is 3. The lowest BCUT2D eigenvalue weighted by molar-refractivity contribution is -0.137. The number of carbonyl (C=O) groups is 1. The number of benzene rings is 2. The third-order valence-corrected chi connectivity index (χ3v) is 5.99. The second-order valence-electron chi connectivity index (χ2n) is 6.66. The molecule has 13 heteroatoms. The zero-order valence-electron chi connectivity index (χ0n) is 16.5. The van der Waals surface area contributed by atoms with Gasteiger partial charge in [0.1, 0.15) is 5.82 Å². The Morgan fingerprint density at radius 2 is 1.94 bits per heavy atom. The summed E-state index contributed by atoms with van der Waals surface area (Å²) in [5.41, 5.74) is -0.150. The summed E-state index contributed by atoms with van der Waals surface area (Å²) >= 11 is 5.51. The summed E-state index contributed by atoms with van der Waals surface area (Å²) in [7, 11) is -4.28. The summed E-state index contributed by atoms with van der Waals surface area (Å²) in [6.07, 6.45) is -5.05. The number of amides is 1. The number of aryl methyl sites for hydroxylation is 1. The van der Waals surface area contributed by atoms with E-state index in [1.807, 2.05) is 0 Å². The van der Waals surface area contributed by atoms with Crippen molar-refractivity contribution in [2.45, 2.75) is 24.4 Å². The first-order valence-corrected chi connectivity index (χ1v) is 11.0. The molecule has 0 aliphatic heterocycles. The SMILES string of the molecule is Cc1nc(-c2cccc(NC(=O)CCNS(=O)(=O)c3ccc(Cl)c(C(F)(F)F)c3)c2)n[nH]1. The molecule has 0 radical (unpaired) electrons. The molecule has 0 saturated carbocycles. The molecule has 0 aliphatic rings. The fourth-order valence-electron chi connectivity index (χ4n) is 2.70. The van der Waals surface area contributed by atoms with Crippen molar-refractivity contribution in [2.24, 2.45) is 0 Å². The zero-order valence-corrected chi connectivity index (χ0v) is 18.1. The maximum atomic E-state index is 13.0. The van der Waals surface area contributed by atoms with Gasteiger partial charge >= 0.3 is 6.18 Å². The van der Waals surface area contributed by atoms with Crippen LogP contribution in [0.25, 0.3) is 11.4 Å². The van der Waals surface area contributed by atoms with Crippen LogP contribution in [0.15, 0.2) is 47.4 Å². The van der Waals surface area contributed by atoms with Crippen LogP contribution in [0, 0.1) is 6.92 Å². The van der Waals surface area contributed by atoms with Crippen LogP contribution in [-0.4, -0.2) is 36.1 Å². The van der Waals surface area contributed by atoms with Crippen molar-refractivity contribution < 1.29 is 26.4 Å². The maximum absolute atomic E-state index is 13.0. The highest BCUT2D eigenvalue weighted by Crippen LogP contribution is 2.35. The van der Waals surface area contributed by atoms with Crippen LogP contribution in [-0.2, 0) is 21.0 Å². The number of hydrogen-bond acceptors (Lipinski definition) is 5. The second-order valence-corrected chi connectivity index (χ2v) is 8.83. The van der Waals surface area contributed by atoms with Crippen LogP contribution in [0.1, 0.15) is 17.8 Å². The van der Waals surface area contributed by atoms with Crippen LogP contribution < -0.4 is 10.0 Å². The molecule has 3 rings (SSSR count). The van der Waals surface area contributed by atoms with Gasteiger partial charge in [0, 0.05) is 24.2 Å². The molecule has 0 spiro atoms. The van der Waals surface area contributed by atoms with E-state index in [4.69, 9.17) is 11.6 Å².